The number of benzene rings is 1. The standard InChI is InChI=1S/C24H34FN3O3/c1-5-26-22(27-15-23(4,29)21-14-17(2)31-18(21)3)28-16-24(10-12-30-13-11-24)19-6-8-20(25)9-7-19/h6-9,14,29H,5,10-13,15-16H2,1-4H3,(H2,26,27,28). The fourth-order valence-electron chi connectivity index (χ4n) is 4.21. The first-order chi connectivity index (χ1) is 14.8. The van der Waals surface area contributed by atoms with E-state index in [0.29, 0.717) is 38.0 Å². The first-order valence-electron chi connectivity index (χ1n) is 10.9. The van der Waals surface area contributed by atoms with Crippen LogP contribution >= 0.6 is 0 Å². The van der Waals surface area contributed by atoms with Crippen molar-refractivity contribution in [2.45, 2.75) is 51.6 Å². The molecule has 31 heavy (non-hydrogen) atoms. The van der Waals surface area contributed by atoms with Gasteiger partial charge in [-0.15, -0.1) is 0 Å². The Kier molecular flexibility index (Phi) is 7.38. The van der Waals surface area contributed by atoms with Crippen molar-refractivity contribution in [2.75, 3.05) is 32.8 Å². The van der Waals surface area contributed by atoms with Crippen LogP contribution in [0.15, 0.2) is 39.7 Å². The Balaban J connectivity index is 1.76. The maximum absolute atomic E-state index is 13.5. The Morgan fingerprint density at radius 3 is 2.45 bits per heavy atom. The molecule has 0 spiro atoms. The first kappa shape index (κ1) is 23.3. The number of guanidine groups is 1. The molecule has 0 amide bonds. The molecule has 0 radical (unpaired) electrons. The topological polar surface area (TPSA) is 79.0 Å². The Morgan fingerprint density at radius 2 is 1.87 bits per heavy atom. The molecule has 1 saturated heterocycles. The zero-order valence-corrected chi connectivity index (χ0v) is 18.9. The van der Waals surface area contributed by atoms with Gasteiger partial charge in [0.15, 0.2) is 5.96 Å². The van der Waals surface area contributed by atoms with Crippen LogP contribution in [0.3, 0.4) is 0 Å². The number of nitrogens with zero attached hydrogens (tertiary/aromatic N) is 1. The Hall–Kier alpha value is -2.38. The van der Waals surface area contributed by atoms with Crippen molar-refractivity contribution in [3.05, 3.63) is 58.8 Å². The number of hydrogen-bond donors (Lipinski definition) is 3. The van der Waals surface area contributed by atoms with E-state index in [1.165, 1.54) is 12.1 Å². The van der Waals surface area contributed by atoms with Gasteiger partial charge in [-0.25, -0.2) is 9.38 Å². The molecule has 0 bridgehead atoms. The molecule has 0 aliphatic carbocycles. The quantitative estimate of drug-likeness (QED) is 0.462. The summed E-state index contributed by atoms with van der Waals surface area (Å²) >= 11 is 0. The SMILES string of the molecule is CCNC(=NCC(C)(O)c1cc(C)oc1C)NCC1(c2ccc(F)cc2)CCOCC1. The lowest BCUT2D eigenvalue weighted by Gasteiger charge is -2.38. The van der Waals surface area contributed by atoms with Gasteiger partial charge >= 0.3 is 0 Å². The molecule has 1 aromatic carbocycles. The van der Waals surface area contributed by atoms with Gasteiger partial charge in [0.05, 0.1) is 6.54 Å². The molecule has 3 rings (SSSR count). The van der Waals surface area contributed by atoms with Gasteiger partial charge in [0.2, 0.25) is 0 Å². The predicted molar refractivity (Wildman–Crippen MR) is 120 cm³/mol. The normalized spacial score (nSPS) is 18.5. The number of furan rings is 1. The monoisotopic (exact) mass is 431 g/mol. The van der Waals surface area contributed by atoms with Crippen LogP contribution in [-0.2, 0) is 15.8 Å². The maximum Gasteiger partial charge on any atom is 0.191 e. The van der Waals surface area contributed by atoms with Crippen LogP contribution in [0.4, 0.5) is 4.39 Å². The van der Waals surface area contributed by atoms with Crippen molar-refractivity contribution in [1.29, 1.82) is 0 Å². The highest BCUT2D eigenvalue weighted by Gasteiger charge is 2.35. The molecule has 170 valence electrons. The molecule has 1 unspecified atom stereocenters. The zero-order chi connectivity index (χ0) is 22.5. The van der Waals surface area contributed by atoms with Gasteiger partial charge in [0.1, 0.15) is 22.9 Å². The van der Waals surface area contributed by atoms with Crippen LogP contribution in [0.5, 0.6) is 0 Å². The van der Waals surface area contributed by atoms with Gasteiger partial charge in [0.25, 0.3) is 0 Å². The second kappa shape index (κ2) is 9.83. The lowest BCUT2D eigenvalue weighted by Crippen LogP contribution is -2.48. The molecule has 1 aromatic heterocycles. The number of aliphatic hydroxyl groups is 1. The number of ether oxygens (including phenoxy) is 1. The lowest BCUT2D eigenvalue weighted by atomic mass is 9.74. The van der Waals surface area contributed by atoms with E-state index in [9.17, 15) is 9.50 Å². The Bertz CT molecular complexity index is 884. The molecular weight excluding hydrogens is 397 g/mol. The number of nitrogens with one attached hydrogen (secondary N) is 2. The van der Waals surface area contributed by atoms with Crippen molar-refractivity contribution in [2.24, 2.45) is 4.99 Å². The van der Waals surface area contributed by atoms with E-state index in [1.807, 2.05) is 39.0 Å². The summed E-state index contributed by atoms with van der Waals surface area (Å²) in [5, 5.41) is 17.7. The van der Waals surface area contributed by atoms with E-state index in [4.69, 9.17) is 9.15 Å². The number of rotatable bonds is 7. The molecule has 1 fully saturated rings. The second-order valence-electron chi connectivity index (χ2n) is 8.55. The summed E-state index contributed by atoms with van der Waals surface area (Å²) in [5.74, 6) is 1.87. The molecular formula is C24H34FN3O3. The first-order valence-corrected chi connectivity index (χ1v) is 10.9. The summed E-state index contributed by atoms with van der Waals surface area (Å²) in [7, 11) is 0. The predicted octanol–water partition coefficient (Wildman–Crippen LogP) is 3.55. The fourth-order valence-corrected chi connectivity index (χ4v) is 4.21. The average molecular weight is 432 g/mol. The third-order valence-corrected chi connectivity index (χ3v) is 6.01. The largest absolute Gasteiger partial charge is 0.466 e. The fraction of sp³-hybridized carbons (Fsp3) is 0.542. The van der Waals surface area contributed by atoms with E-state index < -0.39 is 5.60 Å². The highest BCUT2D eigenvalue weighted by molar-refractivity contribution is 5.80. The minimum absolute atomic E-state index is 0.164. The van der Waals surface area contributed by atoms with Gasteiger partial charge in [-0.05, 0) is 64.3 Å². The van der Waals surface area contributed by atoms with Crippen molar-refractivity contribution < 1.29 is 18.7 Å². The van der Waals surface area contributed by atoms with E-state index in [1.54, 1.807) is 6.92 Å². The van der Waals surface area contributed by atoms with Crippen LogP contribution < -0.4 is 10.6 Å². The number of aliphatic imine (C=N–C) groups is 1. The van der Waals surface area contributed by atoms with E-state index in [0.717, 1.165) is 29.7 Å². The van der Waals surface area contributed by atoms with Crippen molar-refractivity contribution in [1.82, 2.24) is 10.6 Å². The molecule has 3 N–H and O–H groups in total. The van der Waals surface area contributed by atoms with Gasteiger partial charge < -0.3 is 24.9 Å². The average Bonchev–Trinajstić information content (AvgIpc) is 3.10. The summed E-state index contributed by atoms with van der Waals surface area (Å²) in [4.78, 5) is 4.65. The molecule has 2 heterocycles. The van der Waals surface area contributed by atoms with E-state index >= 15 is 0 Å². The van der Waals surface area contributed by atoms with Crippen LogP contribution in [0.25, 0.3) is 0 Å². The van der Waals surface area contributed by atoms with Gasteiger partial charge in [0, 0.05) is 37.3 Å². The minimum atomic E-state index is -1.14. The van der Waals surface area contributed by atoms with E-state index in [2.05, 4.69) is 15.6 Å². The molecule has 6 nitrogen and oxygen atoms in total. The van der Waals surface area contributed by atoms with Crippen molar-refractivity contribution in [3.63, 3.8) is 0 Å². The molecule has 0 saturated carbocycles. The van der Waals surface area contributed by atoms with Gasteiger partial charge in [-0.1, -0.05) is 12.1 Å². The third kappa shape index (κ3) is 5.66. The van der Waals surface area contributed by atoms with Crippen molar-refractivity contribution >= 4 is 5.96 Å². The molecule has 1 atom stereocenters. The summed E-state index contributed by atoms with van der Waals surface area (Å²) in [6.07, 6.45) is 1.69. The molecule has 2 aromatic rings. The van der Waals surface area contributed by atoms with Crippen LogP contribution in [0, 0.1) is 19.7 Å². The summed E-state index contributed by atoms with van der Waals surface area (Å²) in [5.41, 5.74) is 0.536. The smallest absolute Gasteiger partial charge is 0.191 e. The van der Waals surface area contributed by atoms with E-state index in [-0.39, 0.29) is 17.8 Å². The Labute approximate surface area is 183 Å². The summed E-state index contributed by atoms with van der Waals surface area (Å²) in [6, 6.07) is 8.61. The van der Waals surface area contributed by atoms with Crippen molar-refractivity contribution in [3.8, 4) is 0 Å². The minimum Gasteiger partial charge on any atom is -0.466 e. The third-order valence-electron chi connectivity index (χ3n) is 6.01. The van der Waals surface area contributed by atoms with Gasteiger partial charge in [-0.3, -0.25) is 0 Å². The highest BCUT2D eigenvalue weighted by Crippen LogP contribution is 2.34. The number of aryl methyl sites for hydroxylation is 2. The molecule has 7 heteroatoms. The van der Waals surface area contributed by atoms with Crippen LogP contribution in [0.2, 0.25) is 0 Å². The highest BCUT2D eigenvalue weighted by atomic mass is 19.1. The van der Waals surface area contributed by atoms with Crippen LogP contribution in [0.1, 0.15) is 49.3 Å². The summed E-state index contributed by atoms with van der Waals surface area (Å²) in [6.45, 7) is 10.3. The molecule has 1 aliphatic rings. The Morgan fingerprint density at radius 1 is 1.19 bits per heavy atom. The molecule has 1 aliphatic heterocycles. The number of hydrogen-bond acceptors (Lipinski definition) is 4. The van der Waals surface area contributed by atoms with Gasteiger partial charge in [-0.2, -0.15) is 0 Å². The summed E-state index contributed by atoms with van der Waals surface area (Å²) < 4.78 is 24.6. The number of halogens is 1. The lowest BCUT2D eigenvalue weighted by molar-refractivity contribution is 0.0513. The second-order valence-corrected chi connectivity index (χ2v) is 8.55. The zero-order valence-electron chi connectivity index (χ0n) is 18.9. The van der Waals surface area contributed by atoms with Crippen LogP contribution in [-0.4, -0.2) is 43.9 Å². The maximum atomic E-state index is 13.5.